The third kappa shape index (κ3) is 2.76. The van der Waals surface area contributed by atoms with E-state index < -0.39 is 0 Å². The van der Waals surface area contributed by atoms with Crippen molar-refractivity contribution in [3.05, 3.63) is 41.8 Å². The van der Waals surface area contributed by atoms with Crippen molar-refractivity contribution in [3.63, 3.8) is 0 Å². The Morgan fingerprint density at radius 3 is 2.83 bits per heavy atom. The minimum atomic E-state index is 0.353. The van der Waals surface area contributed by atoms with Crippen molar-refractivity contribution in [2.24, 2.45) is 0 Å². The summed E-state index contributed by atoms with van der Waals surface area (Å²) in [5.41, 5.74) is 1.81. The summed E-state index contributed by atoms with van der Waals surface area (Å²) < 4.78 is 10.7. The fraction of sp³-hybridized carbons (Fsp3) is 0.308. The van der Waals surface area contributed by atoms with Crippen molar-refractivity contribution in [2.75, 3.05) is 19.1 Å². The van der Waals surface area contributed by atoms with Gasteiger partial charge in [0.2, 0.25) is 0 Å². The molecular weight excluding hydrogens is 252 g/mol. The molecule has 0 atom stereocenters. The summed E-state index contributed by atoms with van der Waals surface area (Å²) in [4.78, 5) is 6.18. The Kier molecular flexibility index (Phi) is 4.10. The van der Waals surface area contributed by atoms with Crippen molar-refractivity contribution in [3.8, 4) is 5.75 Å². The number of oxazole rings is 1. The average Bonchev–Trinajstić information content (AvgIpc) is 2.88. The molecular formula is C13H15ClN2O2. The van der Waals surface area contributed by atoms with Gasteiger partial charge in [0.25, 0.3) is 6.01 Å². The van der Waals surface area contributed by atoms with Gasteiger partial charge in [-0.15, -0.1) is 11.6 Å². The molecule has 0 saturated carbocycles. The van der Waals surface area contributed by atoms with Crippen molar-refractivity contribution in [2.45, 2.75) is 12.4 Å². The second kappa shape index (κ2) is 5.78. The lowest BCUT2D eigenvalue weighted by Gasteiger charge is -2.16. The van der Waals surface area contributed by atoms with Crippen LogP contribution in [0, 0.1) is 0 Å². The molecule has 0 amide bonds. The molecule has 0 N–H and O–H groups in total. The molecule has 96 valence electrons. The number of aromatic nitrogens is 1. The van der Waals surface area contributed by atoms with E-state index in [2.05, 4.69) is 4.98 Å². The number of anilines is 1. The Morgan fingerprint density at radius 1 is 1.39 bits per heavy atom. The first-order chi connectivity index (χ1) is 8.74. The van der Waals surface area contributed by atoms with Crippen molar-refractivity contribution in [1.82, 2.24) is 4.98 Å². The number of hydrogen-bond acceptors (Lipinski definition) is 4. The Bertz CT molecular complexity index is 513. The number of nitrogens with zero attached hydrogens (tertiary/aromatic N) is 2. The number of rotatable bonds is 5. The minimum Gasteiger partial charge on any atom is -0.496 e. The van der Waals surface area contributed by atoms with Crippen LogP contribution in [0.3, 0.4) is 0 Å². The van der Waals surface area contributed by atoms with E-state index in [0.29, 0.717) is 18.4 Å². The molecule has 18 heavy (non-hydrogen) atoms. The third-order valence-corrected chi connectivity index (χ3v) is 2.88. The van der Waals surface area contributed by atoms with E-state index in [1.807, 2.05) is 36.2 Å². The topological polar surface area (TPSA) is 38.5 Å². The lowest BCUT2D eigenvalue weighted by atomic mass is 10.2. The second-order valence-corrected chi connectivity index (χ2v) is 4.19. The molecule has 0 bridgehead atoms. The first-order valence-corrected chi connectivity index (χ1v) is 6.11. The Labute approximate surface area is 111 Å². The molecule has 0 unspecified atom stereocenters. The molecule has 0 saturated heterocycles. The van der Waals surface area contributed by atoms with Gasteiger partial charge < -0.3 is 14.1 Å². The summed E-state index contributed by atoms with van der Waals surface area (Å²) in [5, 5.41) is 0. The third-order valence-electron chi connectivity index (χ3n) is 2.60. The molecule has 0 aliphatic heterocycles. The molecule has 0 aliphatic rings. The van der Waals surface area contributed by atoms with E-state index in [4.69, 9.17) is 20.8 Å². The van der Waals surface area contributed by atoms with Crippen LogP contribution in [-0.2, 0) is 12.4 Å². The molecule has 2 rings (SSSR count). The summed E-state index contributed by atoms with van der Waals surface area (Å²) >= 11 is 5.69. The number of methoxy groups -OCH3 is 1. The highest BCUT2D eigenvalue weighted by Crippen LogP contribution is 2.21. The summed E-state index contributed by atoms with van der Waals surface area (Å²) in [5.74, 6) is 1.21. The maximum absolute atomic E-state index is 5.69. The van der Waals surface area contributed by atoms with Crippen LogP contribution in [-0.4, -0.2) is 19.1 Å². The van der Waals surface area contributed by atoms with Crippen molar-refractivity contribution >= 4 is 17.6 Å². The Hall–Kier alpha value is -1.68. The molecule has 0 aliphatic carbocycles. The highest BCUT2D eigenvalue weighted by atomic mass is 35.5. The summed E-state index contributed by atoms with van der Waals surface area (Å²) in [6.45, 7) is 0.659. The van der Waals surface area contributed by atoms with Crippen molar-refractivity contribution < 1.29 is 9.15 Å². The van der Waals surface area contributed by atoms with Gasteiger partial charge in [-0.3, -0.25) is 0 Å². The summed E-state index contributed by atoms with van der Waals surface area (Å²) in [7, 11) is 3.58. The number of ether oxygens (including phenoxy) is 1. The molecule has 4 nitrogen and oxygen atoms in total. The van der Waals surface area contributed by atoms with Gasteiger partial charge in [-0.05, 0) is 6.07 Å². The number of alkyl halides is 1. The van der Waals surface area contributed by atoms with Crippen LogP contribution in [0.1, 0.15) is 11.3 Å². The van der Waals surface area contributed by atoms with Crippen LogP contribution in [0.25, 0.3) is 0 Å². The van der Waals surface area contributed by atoms with E-state index in [0.717, 1.165) is 17.0 Å². The highest BCUT2D eigenvalue weighted by Gasteiger charge is 2.11. The Balaban J connectivity index is 2.13. The molecule has 0 radical (unpaired) electrons. The zero-order valence-corrected chi connectivity index (χ0v) is 11.1. The lowest BCUT2D eigenvalue weighted by Crippen LogP contribution is -2.17. The van der Waals surface area contributed by atoms with Gasteiger partial charge in [-0.25, -0.2) is 0 Å². The van der Waals surface area contributed by atoms with E-state index in [9.17, 15) is 0 Å². The first kappa shape index (κ1) is 12.8. The maximum atomic E-state index is 5.69. The predicted octanol–water partition coefficient (Wildman–Crippen LogP) is 3.06. The zero-order chi connectivity index (χ0) is 13.0. The van der Waals surface area contributed by atoms with Crippen LogP contribution in [0.15, 0.2) is 34.9 Å². The van der Waals surface area contributed by atoms with Crippen LogP contribution >= 0.6 is 11.6 Å². The highest BCUT2D eigenvalue weighted by molar-refractivity contribution is 6.16. The van der Waals surface area contributed by atoms with Gasteiger partial charge in [0.05, 0.1) is 25.2 Å². The van der Waals surface area contributed by atoms with Gasteiger partial charge in [-0.2, -0.15) is 4.98 Å². The van der Waals surface area contributed by atoms with Gasteiger partial charge in [0.15, 0.2) is 0 Å². The number of benzene rings is 1. The van der Waals surface area contributed by atoms with Gasteiger partial charge in [-0.1, -0.05) is 18.2 Å². The molecule has 0 spiro atoms. The van der Waals surface area contributed by atoms with E-state index in [-0.39, 0.29) is 0 Å². The maximum Gasteiger partial charge on any atom is 0.297 e. The van der Waals surface area contributed by atoms with Crippen LogP contribution < -0.4 is 9.64 Å². The monoisotopic (exact) mass is 266 g/mol. The fourth-order valence-electron chi connectivity index (χ4n) is 1.69. The number of para-hydroxylation sites is 1. The largest absolute Gasteiger partial charge is 0.496 e. The van der Waals surface area contributed by atoms with Crippen LogP contribution in [0.5, 0.6) is 5.75 Å². The standard InChI is InChI=1S/C13H15ClN2O2/c1-16(13-15-11(7-14)9-18-13)8-10-5-3-4-6-12(10)17-2/h3-6,9H,7-8H2,1-2H3. The number of halogens is 1. The molecule has 5 heteroatoms. The van der Waals surface area contributed by atoms with Gasteiger partial charge in [0, 0.05) is 12.6 Å². The molecule has 2 aromatic rings. The smallest absolute Gasteiger partial charge is 0.297 e. The number of hydrogen-bond donors (Lipinski definition) is 0. The summed E-state index contributed by atoms with van der Waals surface area (Å²) in [6, 6.07) is 8.42. The lowest BCUT2D eigenvalue weighted by molar-refractivity contribution is 0.409. The molecule has 0 fully saturated rings. The minimum absolute atomic E-state index is 0.353. The average molecular weight is 267 g/mol. The van der Waals surface area contributed by atoms with Gasteiger partial charge in [0.1, 0.15) is 12.0 Å². The molecule has 1 heterocycles. The van der Waals surface area contributed by atoms with E-state index in [1.165, 1.54) is 0 Å². The quantitative estimate of drug-likeness (QED) is 0.780. The van der Waals surface area contributed by atoms with Crippen molar-refractivity contribution in [1.29, 1.82) is 0 Å². The predicted molar refractivity (Wildman–Crippen MR) is 71.2 cm³/mol. The second-order valence-electron chi connectivity index (χ2n) is 3.92. The Morgan fingerprint density at radius 2 is 2.17 bits per heavy atom. The molecule has 1 aromatic heterocycles. The van der Waals surface area contributed by atoms with Gasteiger partial charge >= 0.3 is 0 Å². The first-order valence-electron chi connectivity index (χ1n) is 5.58. The summed E-state index contributed by atoms with van der Waals surface area (Å²) in [6.07, 6.45) is 1.57. The zero-order valence-electron chi connectivity index (χ0n) is 10.4. The normalized spacial score (nSPS) is 10.4. The fourth-order valence-corrected chi connectivity index (χ4v) is 1.81. The van der Waals surface area contributed by atoms with Crippen LogP contribution in [0.4, 0.5) is 6.01 Å². The van der Waals surface area contributed by atoms with E-state index >= 15 is 0 Å². The SMILES string of the molecule is COc1ccccc1CN(C)c1nc(CCl)co1. The molecule has 1 aromatic carbocycles. The van der Waals surface area contributed by atoms with E-state index in [1.54, 1.807) is 13.4 Å². The van der Waals surface area contributed by atoms with Crippen LogP contribution in [0.2, 0.25) is 0 Å².